The summed E-state index contributed by atoms with van der Waals surface area (Å²) in [4.78, 5) is 26.7. The quantitative estimate of drug-likeness (QED) is 0.412. The van der Waals surface area contributed by atoms with Crippen LogP contribution in [0, 0.1) is 11.3 Å². The van der Waals surface area contributed by atoms with Crippen LogP contribution in [0.5, 0.6) is 0 Å². The number of pyridine rings is 4. The van der Waals surface area contributed by atoms with Crippen LogP contribution >= 0.6 is 0 Å². The van der Waals surface area contributed by atoms with Crippen LogP contribution < -0.4 is 5.56 Å². The van der Waals surface area contributed by atoms with E-state index < -0.39 is 5.41 Å². The highest BCUT2D eigenvalue weighted by Gasteiger charge is 2.20. The minimum absolute atomic E-state index is 0.128. The molecule has 0 amide bonds. The molecule has 0 aliphatic carbocycles. The Kier molecular flexibility index (Phi) is 5.16. The predicted octanol–water partition coefficient (Wildman–Crippen LogP) is 4.29. The first-order valence-electron chi connectivity index (χ1n) is 10.8. The lowest BCUT2D eigenvalue weighted by molar-refractivity contribution is 0.277. The van der Waals surface area contributed by atoms with Gasteiger partial charge in [-0.3, -0.25) is 19.3 Å². The van der Waals surface area contributed by atoms with Gasteiger partial charge in [0.15, 0.2) is 0 Å². The number of aliphatic hydroxyl groups excluding tert-OH is 1. The first-order chi connectivity index (χ1) is 16.4. The fourth-order valence-electron chi connectivity index (χ4n) is 3.95. The molecule has 7 nitrogen and oxygen atoms in total. The van der Waals surface area contributed by atoms with E-state index in [1.165, 1.54) is 6.07 Å². The molecule has 1 N–H and O–H groups in total. The van der Waals surface area contributed by atoms with Crippen molar-refractivity contribution in [3.8, 4) is 23.0 Å². The van der Waals surface area contributed by atoms with Crippen LogP contribution in [-0.2, 0) is 12.0 Å². The number of aliphatic hydroxyl groups is 1. The number of fused-ring (bicyclic) bond motifs is 3. The third-order valence-electron chi connectivity index (χ3n) is 5.97. The van der Waals surface area contributed by atoms with Gasteiger partial charge in [0.2, 0.25) is 0 Å². The fraction of sp³-hybridized carbons (Fsp3) is 0.148. The minimum Gasteiger partial charge on any atom is -0.390 e. The minimum atomic E-state index is -0.630. The highest BCUT2D eigenvalue weighted by atomic mass is 16.3. The van der Waals surface area contributed by atoms with Gasteiger partial charge in [-0.15, -0.1) is 0 Å². The van der Waals surface area contributed by atoms with Gasteiger partial charge in [0.1, 0.15) is 5.52 Å². The summed E-state index contributed by atoms with van der Waals surface area (Å²) in [6.07, 6.45) is 3.40. The van der Waals surface area contributed by atoms with E-state index in [0.717, 1.165) is 16.5 Å². The van der Waals surface area contributed by atoms with Gasteiger partial charge >= 0.3 is 0 Å². The van der Waals surface area contributed by atoms with Gasteiger partial charge < -0.3 is 5.11 Å². The average molecular weight is 447 g/mol. The molecule has 0 atom stereocenters. The molecule has 0 radical (unpaired) electrons. The second-order valence-corrected chi connectivity index (χ2v) is 8.61. The molecule has 166 valence electrons. The fourth-order valence-corrected chi connectivity index (χ4v) is 3.95. The van der Waals surface area contributed by atoms with E-state index in [1.54, 1.807) is 29.1 Å². The van der Waals surface area contributed by atoms with E-state index >= 15 is 0 Å². The number of aromatic nitrogens is 4. The van der Waals surface area contributed by atoms with Crippen LogP contribution in [0.4, 0.5) is 0 Å². The Morgan fingerprint density at radius 2 is 1.76 bits per heavy atom. The third-order valence-corrected chi connectivity index (χ3v) is 5.97. The Morgan fingerprint density at radius 3 is 2.44 bits per heavy atom. The van der Waals surface area contributed by atoms with Crippen LogP contribution in [0.3, 0.4) is 0 Å². The average Bonchev–Trinajstić information content (AvgIpc) is 2.88. The number of nitrogens with zero attached hydrogens (tertiary/aromatic N) is 5. The maximum atomic E-state index is 13.1. The van der Waals surface area contributed by atoms with Crippen molar-refractivity contribution in [2.24, 2.45) is 0 Å². The summed E-state index contributed by atoms with van der Waals surface area (Å²) in [5.41, 5.74) is 4.72. The summed E-state index contributed by atoms with van der Waals surface area (Å²) >= 11 is 0. The molecule has 0 unspecified atom stereocenters. The van der Waals surface area contributed by atoms with Crippen LogP contribution in [0.1, 0.15) is 25.1 Å². The van der Waals surface area contributed by atoms with Gasteiger partial charge in [-0.05, 0) is 61.9 Å². The number of nitriles is 1. The van der Waals surface area contributed by atoms with Crippen molar-refractivity contribution < 1.29 is 5.11 Å². The van der Waals surface area contributed by atoms with E-state index in [1.807, 2.05) is 56.3 Å². The lowest BCUT2D eigenvalue weighted by atomic mass is 9.86. The van der Waals surface area contributed by atoms with Crippen molar-refractivity contribution in [3.63, 3.8) is 0 Å². The van der Waals surface area contributed by atoms with Crippen molar-refractivity contribution in [2.75, 3.05) is 0 Å². The van der Waals surface area contributed by atoms with Gasteiger partial charge in [0.05, 0.1) is 40.5 Å². The molecule has 0 spiro atoms. The summed E-state index contributed by atoms with van der Waals surface area (Å²) in [5, 5.41) is 19.5. The normalized spacial score (nSPS) is 11.6. The maximum absolute atomic E-state index is 13.1. The molecule has 5 aromatic rings. The molecule has 4 heterocycles. The van der Waals surface area contributed by atoms with E-state index in [2.05, 4.69) is 16.0 Å². The number of benzene rings is 1. The summed E-state index contributed by atoms with van der Waals surface area (Å²) in [7, 11) is 0. The summed E-state index contributed by atoms with van der Waals surface area (Å²) in [6.45, 7) is 3.59. The summed E-state index contributed by atoms with van der Waals surface area (Å²) in [5.74, 6) is 0. The zero-order chi connectivity index (χ0) is 23.9. The molecule has 4 aromatic heterocycles. The lowest BCUT2D eigenvalue weighted by Gasteiger charge is -2.17. The molecule has 0 aliphatic heterocycles. The molecule has 34 heavy (non-hydrogen) atoms. The maximum Gasteiger partial charge on any atom is 0.255 e. The highest BCUT2D eigenvalue weighted by molar-refractivity contribution is 6.02. The molecular weight excluding hydrogens is 426 g/mol. The van der Waals surface area contributed by atoms with Crippen LogP contribution in [0.25, 0.3) is 38.9 Å². The number of hydrogen-bond acceptors (Lipinski definition) is 6. The topological polar surface area (TPSA) is 105 Å². The van der Waals surface area contributed by atoms with Crippen molar-refractivity contribution in [2.45, 2.75) is 25.9 Å². The lowest BCUT2D eigenvalue weighted by Crippen LogP contribution is -2.19. The van der Waals surface area contributed by atoms with E-state index in [0.29, 0.717) is 33.6 Å². The monoisotopic (exact) mass is 447 g/mol. The summed E-state index contributed by atoms with van der Waals surface area (Å²) < 4.78 is 1.63. The second-order valence-electron chi connectivity index (χ2n) is 8.61. The van der Waals surface area contributed by atoms with Crippen LogP contribution in [0.2, 0.25) is 0 Å². The van der Waals surface area contributed by atoms with Gasteiger partial charge in [0.25, 0.3) is 5.56 Å². The molecular formula is C27H21N5O2. The zero-order valence-electron chi connectivity index (χ0n) is 18.7. The zero-order valence-corrected chi connectivity index (χ0v) is 18.7. The Balaban J connectivity index is 1.75. The third kappa shape index (κ3) is 3.60. The first kappa shape index (κ1) is 21.4. The van der Waals surface area contributed by atoms with Gasteiger partial charge in [-0.2, -0.15) is 5.26 Å². The molecule has 0 saturated heterocycles. The van der Waals surface area contributed by atoms with Gasteiger partial charge in [-0.25, -0.2) is 4.98 Å². The van der Waals surface area contributed by atoms with E-state index in [-0.39, 0.29) is 12.2 Å². The number of hydrogen-bond donors (Lipinski definition) is 1. The Hall–Kier alpha value is -4.41. The Morgan fingerprint density at radius 1 is 0.971 bits per heavy atom. The van der Waals surface area contributed by atoms with Gasteiger partial charge in [-0.1, -0.05) is 12.1 Å². The molecule has 7 heteroatoms. The molecule has 0 aliphatic rings. The highest BCUT2D eigenvalue weighted by Crippen LogP contribution is 2.28. The van der Waals surface area contributed by atoms with E-state index in [9.17, 15) is 15.2 Å². The largest absolute Gasteiger partial charge is 0.390 e. The molecule has 1 aromatic carbocycles. The van der Waals surface area contributed by atoms with Crippen LogP contribution in [-0.4, -0.2) is 24.6 Å². The predicted molar refractivity (Wildman–Crippen MR) is 130 cm³/mol. The summed E-state index contributed by atoms with van der Waals surface area (Å²) in [6, 6.07) is 20.4. The van der Waals surface area contributed by atoms with Crippen molar-refractivity contribution in [1.29, 1.82) is 5.26 Å². The standard InChI is InChI=1S/C27H21N5O2/c1-27(2,16-28)19-5-8-21(9-6-19)32-24(34)12-4-18-14-30-23-11-10-22(31-25(23)26(18)32)17-3-7-20(15-33)29-13-17/h3-14,33H,15H2,1-2H3. The van der Waals surface area contributed by atoms with Crippen molar-refractivity contribution >= 4 is 21.9 Å². The molecule has 0 fully saturated rings. The SMILES string of the molecule is CC(C)(C#N)c1ccc(-n2c(=O)ccc3cnc4ccc(-c5ccc(CO)nc5)nc4c32)cc1. The molecule has 5 rings (SSSR count). The second kappa shape index (κ2) is 8.18. The molecule has 0 saturated carbocycles. The molecule has 0 bridgehead atoms. The Labute approximate surface area is 195 Å². The van der Waals surface area contributed by atoms with Crippen molar-refractivity contribution in [1.82, 2.24) is 19.5 Å². The van der Waals surface area contributed by atoms with E-state index in [4.69, 9.17) is 4.98 Å². The van der Waals surface area contributed by atoms with Crippen LogP contribution in [0.15, 0.2) is 77.9 Å². The van der Waals surface area contributed by atoms with Crippen molar-refractivity contribution in [3.05, 3.63) is 94.7 Å². The number of rotatable bonds is 4. The first-order valence-corrected chi connectivity index (χ1v) is 10.8. The Bertz CT molecular complexity index is 1630. The van der Waals surface area contributed by atoms with Gasteiger partial charge in [0, 0.05) is 35.1 Å². The smallest absolute Gasteiger partial charge is 0.255 e.